The van der Waals surface area contributed by atoms with E-state index in [0.717, 1.165) is 43.3 Å². The Bertz CT molecular complexity index is 859. The number of hydrogen-bond donors (Lipinski definition) is 1. The Balaban J connectivity index is 1.37. The average molecular weight is 348 g/mol. The lowest BCUT2D eigenvalue weighted by Crippen LogP contribution is -2.37. The Morgan fingerprint density at radius 3 is 2.77 bits per heavy atom. The van der Waals surface area contributed by atoms with Gasteiger partial charge in [0.05, 0.1) is 0 Å². The van der Waals surface area contributed by atoms with Gasteiger partial charge in [-0.1, -0.05) is 48.5 Å². The van der Waals surface area contributed by atoms with E-state index in [-0.39, 0.29) is 0 Å². The number of aromatic nitrogens is 3. The maximum absolute atomic E-state index is 6.06. The van der Waals surface area contributed by atoms with Crippen LogP contribution in [0.5, 0.6) is 5.75 Å². The molecule has 1 atom stereocenters. The lowest BCUT2D eigenvalue weighted by Gasteiger charge is -2.25. The Morgan fingerprint density at radius 1 is 1.08 bits per heavy atom. The normalized spacial score (nSPS) is 16.3. The van der Waals surface area contributed by atoms with Crippen molar-refractivity contribution in [2.24, 2.45) is 0 Å². The highest BCUT2D eigenvalue weighted by atomic mass is 16.5. The zero-order valence-electron chi connectivity index (χ0n) is 15.1. The molecule has 4 rings (SSSR count). The van der Waals surface area contributed by atoms with Crippen LogP contribution >= 0.6 is 0 Å². The van der Waals surface area contributed by atoms with E-state index in [1.54, 1.807) is 0 Å². The predicted octanol–water partition coefficient (Wildman–Crippen LogP) is 3.27. The van der Waals surface area contributed by atoms with Crippen molar-refractivity contribution in [3.05, 3.63) is 77.4 Å². The molecule has 5 heteroatoms. The molecule has 0 saturated heterocycles. The van der Waals surface area contributed by atoms with Crippen LogP contribution in [0, 0.1) is 6.92 Å². The van der Waals surface area contributed by atoms with E-state index in [1.165, 1.54) is 11.1 Å². The average Bonchev–Trinajstić information content (AvgIpc) is 3.06. The lowest BCUT2D eigenvalue weighted by atomic mass is 10.1. The molecule has 134 valence electrons. The van der Waals surface area contributed by atoms with Crippen molar-refractivity contribution < 1.29 is 4.74 Å². The van der Waals surface area contributed by atoms with E-state index in [4.69, 9.17) is 4.74 Å². The Hall–Kier alpha value is -2.66. The van der Waals surface area contributed by atoms with Gasteiger partial charge in [-0.2, -0.15) is 0 Å². The topological polar surface area (TPSA) is 52.0 Å². The van der Waals surface area contributed by atoms with Crippen molar-refractivity contribution in [1.29, 1.82) is 0 Å². The largest absolute Gasteiger partial charge is 0.489 e. The van der Waals surface area contributed by atoms with Crippen LogP contribution < -0.4 is 10.1 Å². The summed E-state index contributed by atoms with van der Waals surface area (Å²) in [6.45, 7) is 4.34. The van der Waals surface area contributed by atoms with Gasteiger partial charge in [-0.05, 0) is 25.0 Å². The van der Waals surface area contributed by atoms with Crippen LogP contribution in [-0.4, -0.2) is 20.8 Å². The van der Waals surface area contributed by atoms with Crippen LogP contribution in [0.1, 0.15) is 29.2 Å². The summed E-state index contributed by atoms with van der Waals surface area (Å²) in [6, 6.07) is 19.0. The molecule has 1 N–H and O–H groups in total. The minimum absolute atomic E-state index is 0.430. The summed E-state index contributed by atoms with van der Waals surface area (Å²) in [7, 11) is 0. The van der Waals surface area contributed by atoms with Gasteiger partial charge in [0.15, 0.2) is 0 Å². The molecule has 3 aromatic rings. The molecule has 2 aromatic carbocycles. The van der Waals surface area contributed by atoms with E-state index < -0.39 is 0 Å². The zero-order chi connectivity index (χ0) is 17.8. The SMILES string of the molecule is Cc1nnc2n1CC(NCc1ccccc1OCc1ccccc1)CC2. The second-order valence-corrected chi connectivity index (χ2v) is 6.77. The van der Waals surface area contributed by atoms with Gasteiger partial charge in [0.25, 0.3) is 0 Å². The molecule has 1 aliphatic heterocycles. The molecule has 0 amide bonds. The summed E-state index contributed by atoms with van der Waals surface area (Å²) >= 11 is 0. The zero-order valence-corrected chi connectivity index (χ0v) is 15.1. The molecule has 1 aliphatic rings. The van der Waals surface area contributed by atoms with Gasteiger partial charge in [0.1, 0.15) is 24.0 Å². The number of nitrogens with zero attached hydrogens (tertiary/aromatic N) is 3. The summed E-state index contributed by atoms with van der Waals surface area (Å²) in [5.74, 6) is 3.05. The highest BCUT2D eigenvalue weighted by Gasteiger charge is 2.21. The number of rotatable bonds is 6. The number of ether oxygens (including phenoxy) is 1. The van der Waals surface area contributed by atoms with Gasteiger partial charge in [0.2, 0.25) is 0 Å². The van der Waals surface area contributed by atoms with Gasteiger partial charge in [-0.3, -0.25) is 0 Å². The Labute approximate surface area is 154 Å². The summed E-state index contributed by atoms with van der Waals surface area (Å²) in [5.41, 5.74) is 2.37. The van der Waals surface area contributed by atoms with Gasteiger partial charge in [-0.15, -0.1) is 10.2 Å². The van der Waals surface area contributed by atoms with Gasteiger partial charge in [-0.25, -0.2) is 0 Å². The first-order chi connectivity index (χ1) is 12.8. The van der Waals surface area contributed by atoms with Crippen molar-refractivity contribution in [3.63, 3.8) is 0 Å². The number of hydrogen-bond acceptors (Lipinski definition) is 4. The van der Waals surface area contributed by atoms with Crippen molar-refractivity contribution in [2.75, 3.05) is 0 Å². The molecular weight excluding hydrogens is 324 g/mol. The fraction of sp³-hybridized carbons (Fsp3) is 0.333. The first-order valence-electron chi connectivity index (χ1n) is 9.16. The molecule has 0 spiro atoms. The highest BCUT2D eigenvalue weighted by molar-refractivity contribution is 5.33. The van der Waals surface area contributed by atoms with Gasteiger partial charge >= 0.3 is 0 Å². The van der Waals surface area contributed by atoms with E-state index >= 15 is 0 Å². The monoisotopic (exact) mass is 348 g/mol. The second kappa shape index (κ2) is 7.70. The summed E-state index contributed by atoms with van der Waals surface area (Å²) in [5, 5.41) is 12.1. The molecule has 1 aromatic heterocycles. The fourth-order valence-corrected chi connectivity index (χ4v) is 3.41. The lowest BCUT2D eigenvalue weighted by molar-refractivity contribution is 0.300. The third-order valence-corrected chi connectivity index (χ3v) is 4.92. The van der Waals surface area contributed by atoms with Crippen LogP contribution in [0.4, 0.5) is 0 Å². The Kier molecular flexibility index (Phi) is 4.97. The number of fused-ring (bicyclic) bond motifs is 1. The van der Waals surface area contributed by atoms with Crippen molar-refractivity contribution in [2.45, 2.75) is 45.5 Å². The number of para-hydroxylation sites is 1. The molecule has 0 saturated carbocycles. The van der Waals surface area contributed by atoms with Crippen molar-refractivity contribution >= 4 is 0 Å². The third-order valence-electron chi connectivity index (χ3n) is 4.92. The number of nitrogens with one attached hydrogen (secondary N) is 1. The molecule has 0 aliphatic carbocycles. The van der Waals surface area contributed by atoms with Crippen molar-refractivity contribution in [1.82, 2.24) is 20.1 Å². The van der Waals surface area contributed by atoms with E-state index in [0.29, 0.717) is 12.6 Å². The summed E-state index contributed by atoms with van der Waals surface area (Å²) < 4.78 is 8.28. The van der Waals surface area contributed by atoms with E-state index in [2.05, 4.69) is 44.3 Å². The van der Waals surface area contributed by atoms with Crippen LogP contribution in [-0.2, 0) is 26.1 Å². The number of aryl methyl sites for hydroxylation is 2. The van der Waals surface area contributed by atoms with Crippen LogP contribution in [0.2, 0.25) is 0 Å². The molecular formula is C21H24N4O. The first-order valence-corrected chi connectivity index (χ1v) is 9.16. The first kappa shape index (κ1) is 16.8. The minimum Gasteiger partial charge on any atom is -0.489 e. The predicted molar refractivity (Wildman–Crippen MR) is 101 cm³/mol. The molecule has 0 bridgehead atoms. The minimum atomic E-state index is 0.430. The van der Waals surface area contributed by atoms with Crippen LogP contribution in [0.25, 0.3) is 0 Å². The van der Waals surface area contributed by atoms with E-state index in [1.807, 2.05) is 37.3 Å². The molecule has 0 fully saturated rings. The maximum atomic E-state index is 6.06. The Morgan fingerprint density at radius 2 is 1.88 bits per heavy atom. The third kappa shape index (κ3) is 3.78. The molecule has 0 radical (unpaired) electrons. The van der Waals surface area contributed by atoms with Gasteiger partial charge < -0.3 is 14.6 Å². The molecule has 5 nitrogen and oxygen atoms in total. The fourth-order valence-electron chi connectivity index (χ4n) is 3.41. The van der Waals surface area contributed by atoms with E-state index in [9.17, 15) is 0 Å². The molecule has 26 heavy (non-hydrogen) atoms. The second-order valence-electron chi connectivity index (χ2n) is 6.77. The highest BCUT2D eigenvalue weighted by Crippen LogP contribution is 2.21. The summed E-state index contributed by atoms with van der Waals surface area (Å²) in [4.78, 5) is 0. The number of benzene rings is 2. The molecule has 1 unspecified atom stereocenters. The van der Waals surface area contributed by atoms with Crippen molar-refractivity contribution in [3.8, 4) is 5.75 Å². The summed E-state index contributed by atoms with van der Waals surface area (Å²) in [6.07, 6.45) is 2.07. The van der Waals surface area contributed by atoms with Gasteiger partial charge in [0, 0.05) is 31.1 Å². The van der Waals surface area contributed by atoms with Crippen LogP contribution in [0.3, 0.4) is 0 Å². The quantitative estimate of drug-likeness (QED) is 0.743. The standard InChI is InChI=1S/C21H24N4O/c1-16-23-24-21-12-11-19(14-25(16)21)22-13-18-9-5-6-10-20(18)26-15-17-7-3-2-4-8-17/h2-10,19,22H,11-15H2,1H3. The smallest absolute Gasteiger partial charge is 0.133 e. The van der Waals surface area contributed by atoms with Crippen LogP contribution in [0.15, 0.2) is 54.6 Å². The molecule has 2 heterocycles. The maximum Gasteiger partial charge on any atom is 0.133 e.